The topological polar surface area (TPSA) is 83.8 Å². The molecule has 1 heterocycles. The van der Waals surface area contributed by atoms with Gasteiger partial charge in [-0.25, -0.2) is 0 Å². The highest BCUT2D eigenvalue weighted by Crippen LogP contribution is 2.25. The number of carbonyl (C=O) groups excluding carboxylic acids is 1. The van der Waals surface area contributed by atoms with Crippen LogP contribution in [0, 0.1) is 19.8 Å². The number of hydrogen-bond donors (Lipinski definition) is 3. The molecule has 0 spiro atoms. The van der Waals surface area contributed by atoms with Gasteiger partial charge < -0.3 is 11.1 Å². The summed E-state index contributed by atoms with van der Waals surface area (Å²) in [5.74, 6) is 0.202. The van der Waals surface area contributed by atoms with Crippen molar-refractivity contribution < 1.29 is 4.79 Å². The summed E-state index contributed by atoms with van der Waals surface area (Å²) in [5.41, 5.74) is 8.40. The minimum Gasteiger partial charge on any atom is -0.328 e. The van der Waals surface area contributed by atoms with E-state index in [1.807, 2.05) is 13.8 Å². The third kappa shape index (κ3) is 2.66. The van der Waals surface area contributed by atoms with E-state index in [0.717, 1.165) is 42.8 Å². The van der Waals surface area contributed by atoms with E-state index in [1.54, 1.807) is 0 Å². The number of carbonyl (C=O) groups is 1. The predicted octanol–water partition coefficient (Wildman–Crippen LogP) is 1.48. The molecule has 0 saturated heterocycles. The van der Waals surface area contributed by atoms with Gasteiger partial charge in [-0.3, -0.25) is 9.89 Å². The van der Waals surface area contributed by atoms with Crippen molar-refractivity contribution in [3.05, 3.63) is 11.4 Å². The van der Waals surface area contributed by atoms with Crippen LogP contribution in [0.2, 0.25) is 0 Å². The van der Waals surface area contributed by atoms with Crippen molar-refractivity contribution in [3.63, 3.8) is 0 Å². The Morgan fingerprint density at radius 2 is 2.00 bits per heavy atom. The van der Waals surface area contributed by atoms with Crippen molar-refractivity contribution in [1.29, 1.82) is 0 Å². The molecule has 0 atom stereocenters. The fraction of sp³-hybridized carbons (Fsp3) is 0.667. The van der Waals surface area contributed by atoms with E-state index in [9.17, 15) is 4.79 Å². The Kier molecular flexibility index (Phi) is 3.47. The summed E-state index contributed by atoms with van der Waals surface area (Å²) in [7, 11) is 0. The van der Waals surface area contributed by atoms with Crippen molar-refractivity contribution in [3.8, 4) is 0 Å². The van der Waals surface area contributed by atoms with Gasteiger partial charge in [0, 0.05) is 12.0 Å². The Labute approximate surface area is 101 Å². The molecule has 1 aliphatic carbocycles. The van der Waals surface area contributed by atoms with Crippen LogP contribution in [0.5, 0.6) is 0 Å². The van der Waals surface area contributed by atoms with Gasteiger partial charge in [-0.05, 0) is 39.5 Å². The maximum absolute atomic E-state index is 12.1. The summed E-state index contributed by atoms with van der Waals surface area (Å²) in [5, 5.41) is 9.90. The van der Waals surface area contributed by atoms with Crippen LogP contribution in [-0.2, 0) is 4.79 Å². The number of nitrogens with two attached hydrogens (primary N) is 1. The minimum atomic E-state index is 0.100. The van der Waals surface area contributed by atoms with Crippen LogP contribution in [0.25, 0.3) is 0 Å². The number of aryl methyl sites for hydroxylation is 2. The van der Waals surface area contributed by atoms with E-state index >= 15 is 0 Å². The van der Waals surface area contributed by atoms with E-state index in [0.29, 0.717) is 0 Å². The molecular weight excluding hydrogens is 216 g/mol. The zero-order chi connectivity index (χ0) is 12.4. The summed E-state index contributed by atoms with van der Waals surface area (Å²) in [6, 6.07) is 0.274. The Bertz CT molecular complexity index is 385. The summed E-state index contributed by atoms with van der Waals surface area (Å²) >= 11 is 0. The molecule has 2 rings (SSSR count). The zero-order valence-electron chi connectivity index (χ0n) is 10.4. The lowest BCUT2D eigenvalue weighted by molar-refractivity contribution is -0.120. The van der Waals surface area contributed by atoms with Crippen LogP contribution in [0.3, 0.4) is 0 Å². The first-order chi connectivity index (χ1) is 8.08. The smallest absolute Gasteiger partial charge is 0.227 e. The van der Waals surface area contributed by atoms with Gasteiger partial charge in [0.15, 0.2) is 0 Å². The summed E-state index contributed by atoms with van der Waals surface area (Å²) in [4.78, 5) is 12.1. The molecule has 4 N–H and O–H groups in total. The first-order valence-electron chi connectivity index (χ1n) is 6.16. The second kappa shape index (κ2) is 4.87. The highest BCUT2D eigenvalue weighted by molar-refractivity contribution is 5.93. The molecule has 94 valence electrons. The van der Waals surface area contributed by atoms with Crippen LogP contribution < -0.4 is 11.1 Å². The molecule has 1 fully saturated rings. The molecule has 17 heavy (non-hydrogen) atoms. The molecule has 1 aliphatic rings. The second-order valence-corrected chi connectivity index (χ2v) is 4.91. The van der Waals surface area contributed by atoms with Crippen LogP contribution in [0.1, 0.15) is 37.1 Å². The molecule has 0 bridgehead atoms. The zero-order valence-corrected chi connectivity index (χ0v) is 10.4. The van der Waals surface area contributed by atoms with E-state index in [2.05, 4.69) is 15.5 Å². The van der Waals surface area contributed by atoms with Gasteiger partial charge >= 0.3 is 0 Å². The average Bonchev–Trinajstić information content (AvgIpc) is 2.61. The van der Waals surface area contributed by atoms with Crippen LogP contribution in [0.15, 0.2) is 0 Å². The molecule has 1 amide bonds. The molecule has 0 aliphatic heterocycles. The number of aromatic amines is 1. The first kappa shape index (κ1) is 12.1. The molecule has 1 saturated carbocycles. The molecule has 5 heteroatoms. The highest BCUT2D eigenvalue weighted by Gasteiger charge is 2.25. The number of H-pyrrole nitrogens is 1. The lowest BCUT2D eigenvalue weighted by Crippen LogP contribution is -2.32. The fourth-order valence-electron chi connectivity index (χ4n) is 2.34. The van der Waals surface area contributed by atoms with Gasteiger partial charge in [0.2, 0.25) is 5.91 Å². The number of amides is 1. The van der Waals surface area contributed by atoms with E-state index in [1.165, 1.54) is 0 Å². The van der Waals surface area contributed by atoms with E-state index in [4.69, 9.17) is 5.73 Å². The number of anilines is 1. The van der Waals surface area contributed by atoms with Crippen molar-refractivity contribution in [1.82, 2.24) is 10.2 Å². The number of aromatic nitrogens is 2. The maximum Gasteiger partial charge on any atom is 0.227 e. The number of rotatable bonds is 2. The molecule has 0 unspecified atom stereocenters. The average molecular weight is 236 g/mol. The lowest BCUT2D eigenvalue weighted by Gasteiger charge is -2.25. The quantitative estimate of drug-likeness (QED) is 0.727. The van der Waals surface area contributed by atoms with Gasteiger partial charge in [-0.15, -0.1) is 0 Å². The van der Waals surface area contributed by atoms with Gasteiger partial charge in [0.1, 0.15) is 0 Å². The summed E-state index contributed by atoms with van der Waals surface area (Å²) < 4.78 is 0. The first-order valence-corrected chi connectivity index (χ1v) is 6.16. The van der Waals surface area contributed by atoms with Crippen LogP contribution in [-0.4, -0.2) is 22.1 Å². The summed E-state index contributed by atoms with van der Waals surface area (Å²) in [6.45, 7) is 3.79. The highest BCUT2D eigenvalue weighted by atomic mass is 16.1. The standard InChI is InChI=1S/C12H20N4O/c1-7-11(8(2)16-15-7)14-12(17)9-3-5-10(13)6-4-9/h9-10H,3-6,13H2,1-2H3,(H,14,17)(H,15,16). The van der Waals surface area contributed by atoms with E-state index in [-0.39, 0.29) is 17.9 Å². The third-order valence-corrected chi connectivity index (χ3v) is 3.52. The van der Waals surface area contributed by atoms with Crippen molar-refractivity contribution in [2.24, 2.45) is 11.7 Å². The summed E-state index contributed by atoms with van der Waals surface area (Å²) in [6.07, 6.45) is 3.68. The van der Waals surface area contributed by atoms with Crippen molar-refractivity contribution in [2.75, 3.05) is 5.32 Å². The monoisotopic (exact) mass is 236 g/mol. The van der Waals surface area contributed by atoms with Gasteiger partial charge in [0.25, 0.3) is 0 Å². The largest absolute Gasteiger partial charge is 0.328 e. The molecule has 0 aromatic carbocycles. The number of nitrogens with zero attached hydrogens (tertiary/aromatic N) is 1. The lowest BCUT2D eigenvalue weighted by atomic mass is 9.86. The predicted molar refractivity (Wildman–Crippen MR) is 66.6 cm³/mol. The van der Waals surface area contributed by atoms with Crippen molar-refractivity contribution in [2.45, 2.75) is 45.6 Å². The number of nitrogens with one attached hydrogen (secondary N) is 2. The molecular formula is C12H20N4O. The Morgan fingerprint density at radius 1 is 1.35 bits per heavy atom. The Hall–Kier alpha value is -1.36. The number of hydrogen-bond acceptors (Lipinski definition) is 3. The van der Waals surface area contributed by atoms with Crippen molar-refractivity contribution >= 4 is 11.6 Å². The van der Waals surface area contributed by atoms with Gasteiger partial charge in [0.05, 0.1) is 17.1 Å². The Morgan fingerprint density at radius 3 is 2.53 bits per heavy atom. The second-order valence-electron chi connectivity index (χ2n) is 4.91. The molecule has 1 aromatic heterocycles. The molecule has 1 aromatic rings. The Balaban J connectivity index is 1.98. The van der Waals surface area contributed by atoms with E-state index < -0.39 is 0 Å². The molecule has 5 nitrogen and oxygen atoms in total. The SMILES string of the molecule is Cc1n[nH]c(C)c1NC(=O)C1CCC(N)CC1. The van der Waals surface area contributed by atoms with Gasteiger partial charge in [-0.2, -0.15) is 5.10 Å². The third-order valence-electron chi connectivity index (χ3n) is 3.52. The van der Waals surface area contributed by atoms with Crippen LogP contribution >= 0.6 is 0 Å². The molecule has 0 radical (unpaired) electrons. The fourth-order valence-corrected chi connectivity index (χ4v) is 2.34. The minimum absolute atomic E-state index is 0.100. The normalized spacial score (nSPS) is 24.6. The van der Waals surface area contributed by atoms with Gasteiger partial charge in [-0.1, -0.05) is 0 Å². The van der Waals surface area contributed by atoms with Crippen LogP contribution in [0.4, 0.5) is 5.69 Å². The maximum atomic E-state index is 12.1.